The number of sulfonamides is 1. The highest BCUT2D eigenvalue weighted by Gasteiger charge is 2.14. The van der Waals surface area contributed by atoms with Gasteiger partial charge < -0.3 is 4.98 Å². The van der Waals surface area contributed by atoms with Gasteiger partial charge in [-0.25, -0.2) is 13.1 Å². The Morgan fingerprint density at radius 2 is 1.50 bits per heavy atom. The number of para-hydroxylation sites is 1. The van der Waals surface area contributed by atoms with E-state index in [0.717, 1.165) is 34.0 Å². The number of H-pyrrole nitrogens is 1. The van der Waals surface area contributed by atoms with Crippen LogP contribution in [-0.4, -0.2) is 19.9 Å². The predicted molar refractivity (Wildman–Crippen MR) is 132 cm³/mol. The maximum Gasteiger partial charge on any atom is 0.240 e. The molecule has 2 N–H and O–H groups in total. The molecule has 0 bridgehead atoms. The molecule has 0 aliphatic carbocycles. The van der Waals surface area contributed by atoms with Gasteiger partial charge in [0.15, 0.2) is 0 Å². The lowest BCUT2D eigenvalue weighted by atomic mass is 9.99. The lowest BCUT2D eigenvalue weighted by molar-refractivity contribution is 0.581. The summed E-state index contributed by atoms with van der Waals surface area (Å²) in [5.74, 6) is 0.695. The van der Waals surface area contributed by atoms with Crippen LogP contribution >= 0.6 is 0 Å². The minimum absolute atomic E-state index is 0.286. The van der Waals surface area contributed by atoms with Crippen LogP contribution in [0.1, 0.15) is 31.4 Å². The smallest absolute Gasteiger partial charge is 0.240 e. The van der Waals surface area contributed by atoms with E-state index in [1.54, 1.807) is 12.1 Å². The fraction of sp³-hybridized carbons (Fsp3) is 0.259. The molecule has 5 heteroatoms. The minimum atomic E-state index is -3.55. The predicted octanol–water partition coefficient (Wildman–Crippen LogP) is 5.94. The van der Waals surface area contributed by atoms with Gasteiger partial charge in [0.2, 0.25) is 10.0 Å². The number of nitrogens with one attached hydrogen (secondary N) is 2. The van der Waals surface area contributed by atoms with Crippen LogP contribution in [0.5, 0.6) is 0 Å². The normalized spacial score (nSPS) is 12.0. The highest BCUT2D eigenvalue weighted by atomic mass is 32.2. The third-order valence-corrected chi connectivity index (χ3v) is 7.30. The zero-order valence-electron chi connectivity index (χ0n) is 18.6. The molecule has 1 aromatic heterocycles. The number of aromatic nitrogens is 1. The molecule has 3 aromatic carbocycles. The van der Waals surface area contributed by atoms with Crippen molar-refractivity contribution in [3.8, 4) is 11.1 Å². The molecule has 0 atom stereocenters. The largest absolute Gasteiger partial charge is 0.361 e. The van der Waals surface area contributed by atoms with Gasteiger partial charge in [0.05, 0.1) is 4.90 Å². The molecule has 166 valence electrons. The van der Waals surface area contributed by atoms with E-state index >= 15 is 0 Å². The van der Waals surface area contributed by atoms with Crippen molar-refractivity contribution >= 4 is 20.9 Å². The summed E-state index contributed by atoms with van der Waals surface area (Å²) in [6.07, 6.45) is 4.84. The molecule has 0 aliphatic rings. The van der Waals surface area contributed by atoms with Crippen LogP contribution in [0.3, 0.4) is 0 Å². The lowest BCUT2D eigenvalue weighted by Crippen LogP contribution is -2.25. The van der Waals surface area contributed by atoms with E-state index in [4.69, 9.17) is 0 Å². The van der Waals surface area contributed by atoms with E-state index in [2.05, 4.69) is 47.8 Å². The van der Waals surface area contributed by atoms with E-state index in [-0.39, 0.29) is 4.90 Å². The Hall–Kier alpha value is -2.89. The second-order valence-electron chi connectivity index (χ2n) is 8.66. The van der Waals surface area contributed by atoms with E-state index in [9.17, 15) is 8.42 Å². The minimum Gasteiger partial charge on any atom is -0.361 e. The van der Waals surface area contributed by atoms with E-state index in [1.807, 2.05) is 42.6 Å². The highest BCUT2D eigenvalue weighted by Crippen LogP contribution is 2.23. The van der Waals surface area contributed by atoms with Gasteiger partial charge >= 0.3 is 0 Å². The van der Waals surface area contributed by atoms with E-state index in [0.29, 0.717) is 18.9 Å². The van der Waals surface area contributed by atoms with Crippen molar-refractivity contribution in [1.29, 1.82) is 0 Å². The first kappa shape index (κ1) is 22.3. The molecule has 0 aliphatic heterocycles. The summed E-state index contributed by atoms with van der Waals surface area (Å²) in [6, 6.07) is 23.7. The zero-order valence-corrected chi connectivity index (χ0v) is 19.5. The summed E-state index contributed by atoms with van der Waals surface area (Å²) < 4.78 is 28.2. The zero-order chi connectivity index (χ0) is 22.6. The molecular formula is C27H30N2O2S. The average molecular weight is 447 g/mol. The van der Waals surface area contributed by atoms with Crippen LogP contribution in [-0.2, 0) is 22.9 Å². The third kappa shape index (κ3) is 5.29. The Kier molecular flexibility index (Phi) is 6.77. The number of benzene rings is 3. The van der Waals surface area contributed by atoms with E-state index < -0.39 is 10.0 Å². The molecule has 0 saturated heterocycles. The first-order valence-corrected chi connectivity index (χ1v) is 12.6. The molecule has 0 radical (unpaired) electrons. The van der Waals surface area contributed by atoms with Crippen molar-refractivity contribution in [3.05, 3.63) is 90.1 Å². The van der Waals surface area contributed by atoms with Crippen molar-refractivity contribution in [2.24, 2.45) is 5.92 Å². The van der Waals surface area contributed by atoms with Crippen LogP contribution in [0.4, 0.5) is 0 Å². The molecule has 0 amide bonds. The van der Waals surface area contributed by atoms with Crippen LogP contribution < -0.4 is 4.72 Å². The maximum atomic E-state index is 12.7. The number of aromatic amines is 1. The molecule has 1 heterocycles. The first-order valence-electron chi connectivity index (χ1n) is 11.2. The van der Waals surface area contributed by atoms with Gasteiger partial charge in [-0.2, -0.15) is 0 Å². The van der Waals surface area contributed by atoms with Crippen molar-refractivity contribution < 1.29 is 8.42 Å². The molecule has 0 unspecified atom stereocenters. The number of hydrogen-bond acceptors (Lipinski definition) is 2. The molecule has 0 spiro atoms. The van der Waals surface area contributed by atoms with Gasteiger partial charge in [-0.3, -0.25) is 0 Å². The standard InChI is InChI=1S/C27H30N2O2S/c1-20(2)7-8-21-9-11-22(12-10-21)23-13-15-25(16-14-23)32(30,31)29-18-17-24-19-28-27-6-4-3-5-26(24)27/h3-6,9-16,19-20,28-29H,7-8,17-18H2,1-2H3. The Morgan fingerprint density at radius 3 is 2.19 bits per heavy atom. The van der Waals surface area contributed by atoms with Gasteiger partial charge in [-0.05, 0) is 65.6 Å². The fourth-order valence-electron chi connectivity index (χ4n) is 3.89. The van der Waals surface area contributed by atoms with Crippen molar-refractivity contribution in [3.63, 3.8) is 0 Å². The summed E-state index contributed by atoms with van der Waals surface area (Å²) in [7, 11) is -3.55. The van der Waals surface area contributed by atoms with Gasteiger partial charge in [-0.1, -0.05) is 68.4 Å². The number of fused-ring (bicyclic) bond motifs is 1. The maximum absolute atomic E-state index is 12.7. The Labute approximate surface area is 190 Å². The van der Waals surface area contributed by atoms with E-state index in [1.165, 1.54) is 12.0 Å². The number of aryl methyl sites for hydroxylation is 1. The van der Waals surface area contributed by atoms with Gasteiger partial charge in [0.1, 0.15) is 0 Å². The van der Waals surface area contributed by atoms with Crippen LogP contribution in [0.2, 0.25) is 0 Å². The summed E-state index contributed by atoms with van der Waals surface area (Å²) in [5.41, 5.74) is 5.61. The summed E-state index contributed by atoms with van der Waals surface area (Å²) in [4.78, 5) is 3.51. The summed E-state index contributed by atoms with van der Waals surface area (Å²) in [6.45, 7) is 4.83. The monoisotopic (exact) mass is 446 g/mol. The Bertz CT molecular complexity index is 1270. The SMILES string of the molecule is CC(C)CCc1ccc(-c2ccc(S(=O)(=O)NCCc3c[nH]c4ccccc34)cc2)cc1. The Morgan fingerprint density at radius 1 is 0.844 bits per heavy atom. The fourth-order valence-corrected chi connectivity index (χ4v) is 4.92. The first-order chi connectivity index (χ1) is 15.4. The van der Waals surface area contributed by atoms with Crippen molar-refractivity contribution in [2.75, 3.05) is 6.54 Å². The number of hydrogen-bond donors (Lipinski definition) is 2. The summed E-state index contributed by atoms with van der Waals surface area (Å²) >= 11 is 0. The molecule has 0 saturated carbocycles. The van der Waals surface area contributed by atoms with Crippen molar-refractivity contribution in [1.82, 2.24) is 9.71 Å². The quantitative estimate of drug-likeness (QED) is 0.334. The third-order valence-electron chi connectivity index (χ3n) is 5.82. The van der Waals surface area contributed by atoms with Crippen molar-refractivity contribution in [2.45, 2.75) is 38.0 Å². The van der Waals surface area contributed by atoms with Crippen LogP contribution in [0, 0.1) is 5.92 Å². The van der Waals surface area contributed by atoms with Gasteiger partial charge in [-0.15, -0.1) is 0 Å². The second-order valence-corrected chi connectivity index (χ2v) is 10.4. The molecular weight excluding hydrogens is 416 g/mol. The van der Waals surface area contributed by atoms with Crippen LogP contribution in [0.15, 0.2) is 83.9 Å². The lowest BCUT2D eigenvalue weighted by Gasteiger charge is -2.09. The van der Waals surface area contributed by atoms with Gasteiger partial charge in [0.25, 0.3) is 0 Å². The van der Waals surface area contributed by atoms with Gasteiger partial charge in [0, 0.05) is 23.6 Å². The molecule has 32 heavy (non-hydrogen) atoms. The molecule has 4 aromatic rings. The molecule has 0 fully saturated rings. The average Bonchev–Trinajstić information content (AvgIpc) is 3.21. The molecule has 4 rings (SSSR count). The Balaban J connectivity index is 1.38. The number of rotatable bonds is 9. The topological polar surface area (TPSA) is 62.0 Å². The highest BCUT2D eigenvalue weighted by molar-refractivity contribution is 7.89. The second kappa shape index (κ2) is 9.72. The summed E-state index contributed by atoms with van der Waals surface area (Å²) in [5, 5.41) is 1.13. The van der Waals surface area contributed by atoms with Crippen LogP contribution in [0.25, 0.3) is 22.0 Å². The molecule has 4 nitrogen and oxygen atoms in total.